The first-order valence-electron chi connectivity index (χ1n) is 8.06. The molecule has 25 heavy (non-hydrogen) atoms. The highest BCUT2D eigenvalue weighted by molar-refractivity contribution is 6.31. The zero-order valence-corrected chi connectivity index (χ0v) is 15.1. The van der Waals surface area contributed by atoms with Crippen LogP contribution in [-0.2, 0) is 14.4 Å². The van der Waals surface area contributed by atoms with E-state index in [1.54, 1.807) is 9.80 Å². The molecule has 1 aromatic rings. The molecule has 0 bridgehead atoms. The van der Waals surface area contributed by atoms with Gasteiger partial charge < -0.3 is 14.7 Å². The number of anilines is 1. The highest BCUT2D eigenvalue weighted by atomic mass is 35.5. The summed E-state index contributed by atoms with van der Waals surface area (Å²) in [6.45, 7) is 5.09. The molecule has 6 nitrogen and oxygen atoms in total. The van der Waals surface area contributed by atoms with Crippen LogP contribution in [0.3, 0.4) is 0 Å². The number of benzene rings is 1. The third kappa shape index (κ3) is 4.92. The quantitative estimate of drug-likeness (QED) is 0.814. The fraction of sp³-hybridized carbons (Fsp3) is 0.471. The summed E-state index contributed by atoms with van der Waals surface area (Å²) in [5.41, 5.74) is 0.452. The van der Waals surface area contributed by atoms with Crippen LogP contribution < -0.4 is 4.90 Å². The van der Waals surface area contributed by atoms with Gasteiger partial charge in [0, 0.05) is 58.7 Å². The molecule has 2 rings (SSSR count). The van der Waals surface area contributed by atoms with E-state index in [2.05, 4.69) is 0 Å². The molecule has 0 atom stereocenters. The zero-order valence-electron chi connectivity index (χ0n) is 14.3. The maximum Gasteiger partial charge on any atom is 0.224 e. The number of carbonyl (C=O) groups is 3. The predicted octanol–water partition coefficient (Wildman–Crippen LogP) is 1.91. The molecule has 0 saturated carbocycles. The Labute approximate surface area is 151 Å². The van der Waals surface area contributed by atoms with Gasteiger partial charge in [0.15, 0.2) is 0 Å². The first-order valence-corrected chi connectivity index (χ1v) is 8.44. The number of halogens is 2. The second kappa shape index (κ2) is 8.29. The van der Waals surface area contributed by atoms with Crippen LogP contribution >= 0.6 is 11.6 Å². The van der Waals surface area contributed by atoms with Crippen LogP contribution in [0.1, 0.15) is 20.3 Å². The summed E-state index contributed by atoms with van der Waals surface area (Å²) < 4.78 is 13.3. The number of piperazine rings is 1. The van der Waals surface area contributed by atoms with Crippen LogP contribution in [0.2, 0.25) is 5.02 Å². The van der Waals surface area contributed by atoms with Gasteiger partial charge in [0.25, 0.3) is 0 Å². The van der Waals surface area contributed by atoms with Crippen molar-refractivity contribution in [1.82, 2.24) is 9.80 Å². The Balaban J connectivity index is 1.95. The van der Waals surface area contributed by atoms with Crippen molar-refractivity contribution in [1.29, 1.82) is 0 Å². The average molecular weight is 370 g/mol. The zero-order chi connectivity index (χ0) is 18.6. The fourth-order valence-corrected chi connectivity index (χ4v) is 2.93. The van der Waals surface area contributed by atoms with Crippen molar-refractivity contribution in [2.45, 2.75) is 20.3 Å². The van der Waals surface area contributed by atoms with Crippen molar-refractivity contribution in [2.75, 3.05) is 37.6 Å². The first-order chi connectivity index (χ1) is 11.8. The fourth-order valence-electron chi connectivity index (χ4n) is 2.76. The van der Waals surface area contributed by atoms with Gasteiger partial charge in [0.05, 0.1) is 5.02 Å². The molecule has 0 N–H and O–H groups in total. The first kappa shape index (κ1) is 19.2. The SMILES string of the molecule is CC(=O)N1CCN(C(=O)CCN(C(C)=O)c2ccc(F)c(Cl)c2)CC1. The highest BCUT2D eigenvalue weighted by Crippen LogP contribution is 2.23. The van der Waals surface area contributed by atoms with E-state index in [1.165, 1.54) is 36.9 Å². The minimum Gasteiger partial charge on any atom is -0.339 e. The summed E-state index contributed by atoms with van der Waals surface area (Å²) in [4.78, 5) is 40.3. The summed E-state index contributed by atoms with van der Waals surface area (Å²) in [6.07, 6.45) is 0.147. The summed E-state index contributed by atoms with van der Waals surface area (Å²) in [7, 11) is 0. The second-order valence-corrected chi connectivity index (χ2v) is 6.31. The van der Waals surface area contributed by atoms with Crippen molar-refractivity contribution < 1.29 is 18.8 Å². The lowest BCUT2D eigenvalue weighted by Crippen LogP contribution is -2.50. The van der Waals surface area contributed by atoms with Gasteiger partial charge in [0.2, 0.25) is 17.7 Å². The Bertz CT molecular complexity index is 675. The van der Waals surface area contributed by atoms with Gasteiger partial charge in [-0.05, 0) is 18.2 Å². The lowest BCUT2D eigenvalue weighted by Gasteiger charge is -2.34. The maximum absolute atomic E-state index is 13.3. The number of nitrogens with zero attached hydrogens (tertiary/aromatic N) is 3. The molecule has 0 aliphatic carbocycles. The summed E-state index contributed by atoms with van der Waals surface area (Å²) in [5, 5.41) is -0.0737. The molecule has 1 fully saturated rings. The molecule has 1 aliphatic heterocycles. The van der Waals surface area contributed by atoms with E-state index >= 15 is 0 Å². The standard InChI is InChI=1S/C17H21ClFN3O3/c1-12(23)20-7-9-21(10-8-20)17(25)5-6-22(13(2)24)14-3-4-16(19)15(18)11-14/h3-4,11H,5-10H2,1-2H3. The molecule has 1 saturated heterocycles. The van der Waals surface area contributed by atoms with E-state index in [9.17, 15) is 18.8 Å². The number of hydrogen-bond acceptors (Lipinski definition) is 3. The lowest BCUT2D eigenvalue weighted by molar-refractivity contribution is -0.138. The molecule has 1 aliphatic rings. The van der Waals surface area contributed by atoms with Crippen molar-refractivity contribution >= 4 is 35.0 Å². The second-order valence-electron chi connectivity index (χ2n) is 5.91. The van der Waals surface area contributed by atoms with E-state index in [4.69, 9.17) is 11.6 Å². The Hall–Kier alpha value is -2.15. The smallest absolute Gasteiger partial charge is 0.224 e. The van der Waals surface area contributed by atoms with Gasteiger partial charge in [-0.25, -0.2) is 4.39 Å². The molecular formula is C17H21ClFN3O3. The van der Waals surface area contributed by atoms with Gasteiger partial charge in [-0.15, -0.1) is 0 Å². The number of hydrogen-bond donors (Lipinski definition) is 0. The molecule has 0 aromatic heterocycles. The minimum atomic E-state index is -0.562. The third-order valence-corrected chi connectivity index (χ3v) is 4.51. The molecule has 1 aromatic carbocycles. The van der Waals surface area contributed by atoms with E-state index in [0.29, 0.717) is 31.9 Å². The van der Waals surface area contributed by atoms with Crippen LogP contribution in [-0.4, -0.2) is 60.2 Å². The van der Waals surface area contributed by atoms with Crippen LogP contribution in [0.15, 0.2) is 18.2 Å². The molecular weight excluding hydrogens is 349 g/mol. The molecule has 0 unspecified atom stereocenters. The van der Waals surface area contributed by atoms with Crippen molar-refractivity contribution in [3.8, 4) is 0 Å². The van der Waals surface area contributed by atoms with Crippen LogP contribution in [0.25, 0.3) is 0 Å². The van der Waals surface area contributed by atoms with Gasteiger partial charge in [-0.3, -0.25) is 14.4 Å². The van der Waals surface area contributed by atoms with Gasteiger partial charge >= 0.3 is 0 Å². The Kier molecular flexibility index (Phi) is 6.36. The number of amides is 3. The van der Waals surface area contributed by atoms with Gasteiger partial charge in [0.1, 0.15) is 5.82 Å². The Morgan fingerprint density at radius 2 is 1.72 bits per heavy atom. The normalized spacial score (nSPS) is 14.4. The van der Waals surface area contributed by atoms with Crippen LogP contribution in [0.4, 0.5) is 10.1 Å². The Morgan fingerprint density at radius 1 is 1.12 bits per heavy atom. The average Bonchev–Trinajstić information content (AvgIpc) is 2.57. The number of carbonyl (C=O) groups excluding carboxylic acids is 3. The van der Waals surface area contributed by atoms with E-state index in [-0.39, 0.29) is 35.7 Å². The van der Waals surface area contributed by atoms with Crippen LogP contribution in [0, 0.1) is 5.82 Å². The molecule has 0 spiro atoms. The summed E-state index contributed by atoms with van der Waals surface area (Å²) in [6, 6.07) is 4.02. The summed E-state index contributed by atoms with van der Waals surface area (Å²) >= 11 is 5.77. The minimum absolute atomic E-state index is 0.00282. The molecule has 136 valence electrons. The van der Waals surface area contributed by atoms with E-state index < -0.39 is 5.82 Å². The van der Waals surface area contributed by atoms with Crippen molar-refractivity contribution in [2.24, 2.45) is 0 Å². The van der Waals surface area contributed by atoms with Crippen molar-refractivity contribution in [3.05, 3.63) is 29.0 Å². The summed E-state index contributed by atoms with van der Waals surface area (Å²) in [5.74, 6) is -0.893. The molecule has 0 radical (unpaired) electrons. The predicted molar refractivity (Wildman–Crippen MR) is 92.9 cm³/mol. The van der Waals surface area contributed by atoms with Gasteiger partial charge in [-0.2, -0.15) is 0 Å². The monoisotopic (exact) mass is 369 g/mol. The van der Waals surface area contributed by atoms with Crippen molar-refractivity contribution in [3.63, 3.8) is 0 Å². The van der Waals surface area contributed by atoms with E-state index in [0.717, 1.165) is 0 Å². The molecule has 8 heteroatoms. The highest BCUT2D eigenvalue weighted by Gasteiger charge is 2.23. The topological polar surface area (TPSA) is 60.9 Å². The lowest BCUT2D eigenvalue weighted by atomic mass is 10.2. The Morgan fingerprint density at radius 3 is 2.24 bits per heavy atom. The van der Waals surface area contributed by atoms with Crippen LogP contribution in [0.5, 0.6) is 0 Å². The molecule has 3 amide bonds. The third-order valence-electron chi connectivity index (χ3n) is 4.22. The van der Waals surface area contributed by atoms with E-state index in [1.807, 2.05) is 0 Å². The number of rotatable bonds is 4. The maximum atomic E-state index is 13.3. The largest absolute Gasteiger partial charge is 0.339 e. The van der Waals surface area contributed by atoms with Gasteiger partial charge in [-0.1, -0.05) is 11.6 Å². The molecule has 1 heterocycles.